The minimum absolute atomic E-state index is 0.336. The number of nitrogens with one attached hydrogen (secondary N) is 1. The number of nitrogens with zero attached hydrogens (tertiary/aromatic N) is 2. The van der Waals surface area contributed by atoms with Gasteiger partial charge in [0.2, 0.25) is 0 Å². The van der Waals surface area contributed by atoms with Gasteiger partial charge in [0.25, 0.3) is 0 Å². The molecular weight excluding hydrogens is 238 g/mol. The van der Waals surface area contributed by atoms with Crippen molar-refractivity contribution in [2.45, 2.75) is 25.8 Å². The number of aliphatic hydroxyl groups is 1. The second kappa shape index (κ2) is 5.72. The third-order valence-electron chi connectivity index (χ3n) is 4.28. The normalized spacial score (nSPS) is 23.2. The Hall–Kier alpha value is -1.39. The molecule has 0 radical (unpaired) electrons. The van der Waals surface area contributed by atoms with Crippen molar-refractivity contribution in [1.82, 2.24) is 14.9 Å². The van der Waals surface area contributed by atoms with Gasteiger partial charge >= 0.3 is 0 Å². The molecule has 4 heteroatoms. The van der Waals surface area contributed by atoms with Crippen LogP contribution in [0.15, 0.2) is 30.6 Å². The molecule has 2 atom stereocenters. The lowest BCUT2D eigenvalue weighted by Crippen LogP contribution is -2.26. The molecule has 0 saturated heterocycles. The van der Waals surface area contributed by atoms with Crippen LogP contribution in [0.4, 0.5) is 0 Å². The van der Waals surface area contributed by atoms with Crippen LogP contribution < -0.4 is 5.32 Å². The van der Waals surface area contributed by atoms with Crippen molar-refractivity contribution >= 4 is 5.52 Å². The van der Waals surface area contributed by atoms with E-state index in [4.69, 9.17) is 0 Å². The van der Waals surface area contributed by atoms with E-state index in [-0.39, 0.29) is 0 Å². The van der Waals surface area contributed by atoms with Gasteiger partial charge in [0.05, 0.1) is 11.7 Å². The second-order valence-electron chi connectivity index (χ2n) is 5.46. The van der Waals surface area contributed by atoms with Crippen molar-refractivity contribution in [3.8, 4) is 0 Å². The van der Waals surface area contributed by atoms with Crippen molar-refractivity contribution < 1.29 is 5.11 Å². The van der Waals surface area contributed by atoms with Crippen molar-refractivity contribution in [2.75, 3.05) is 13.2 Å². The molecule has 0 aromatic carbocycles. The summed E-state index contributed by atoms with van der Waals surface area (Å²) in [4.78, 5) is 0. The first-order chi connectivity index (χ1) is 9.38. The monoisotopic (exact) mass is 259 g/mol. The Morgan fingerprint density at radius 3 is 3.11 bits per heavy atom. The summed E-state index contributed by atoms with van der Waals surface area (Å²) in [5, 5.41) is 17.2. The fraction of sp³-hybridized carbons (Fsp3) is 0.533. The maximum absolute atomic E-state index is 9.32. The van der Waals surface area contributed by atoms with Crippen molar-refractivity contribution in [2.24, 2.45) is 11.8 Å². The standard InChI is InChI=1S/C15H21N3O/c19-11-13-5-3-4-12(13)8-16-9-14-10-17-18-7-2-1-6-15(14)18/h1-2,6-7,10,12-13,16,19H,3-5,8-9,11H2. The lowest BCUT2D eigenvalue weighted by Gasteiger charge is -2.17. The first-order valence-electron chi connectivity index (χ1n) is 7.11. The van der Waals surface area contributed by atoms with Gasteiger partial charge in [0, 0.05) is 24.9 Å². The molecular formula is C15H21N3O. The van der Waals surface area contributed by atoms with Gasteiger partial charge in [-0.1, -0.05) is 12.5 Å². The molecule has 1 aliphatic rings. The highest BCUT2D eigenvalue weighted by Gasteiger charge is 2.25. The zero-order chi connectivity index (χ0) is 13.1. The molecule has 3 rings (SSSR count). The molecule has 0 spiro atoms. The largest absolute Gasteiger partial charge is 0.396 e. The van der Waals surface area contributed by atoms with Gasteiger partial charge < -0.3 is 10.4 Å². The summed E-state index contributed by atoms with van der Waals surface area (Å²) in [6.07, 6.45) is 7.58. The topological polar surface area (TPSA) is 49.6 Å². The van der Waals surface area contributed by atoms with Crippen LogP contribution in [0, 0.1) is 11.8 Å². The zero-order valence-electron chi connectivity index (χ0n) is 11.1. The Bertz CT molecular complexity index is 537. The van der Waals surface area contributed by atoms with Crippen molar-refractivity contribution in [1.29, 1.82) is 0 Å². The summed E-state index contributed by atoms with van der Waals surface area (Å²) in [5.41, 5.74) is 2.40. The van der Waals surface area contributed by atoms with Crippen LogP contribution in [0.5, 0.6) is 0 Å². The Labute approximate surface area is 113 Å². The van der Waals surface area contributed by atoms with Gasteiger partial charge in [0.15, 0.2) is 0 Å². The van der Waals surface area contributed by atoms with E-state index in [9.17, 15) is 5.11 Å². The quantitative estimate of drug-likeness (QED) is 0.861. The summed E-state index contributed by atoms with van der Waals surface area (Å²) in [6, 6.07) is 6.12. The summed E-state index contributed by atoms with van der Waals surface area (Å²) in [7, 11) is 0. The molecule has 2 N–H and O–H groups in total. The first-order valence-corrected chi connectivity index (χ1v) is 7.11. The van der Waals surface area contributed by atoms with Crippen LogP contribution in [0.25, 0.3) is 5.52 Å². The zero-order valence-corrected chi connectivity index (χ0v) is 11.1. The highest BCUT2D eigenvalue weighted by atomic mass is 16.3. The predicted octanol–water partition coefficient (Wildman–Crippen LogP) is 1.83. The van der Waals surface area contributed by atoms with Gasteiger partial charge in [-0.3, -0.25) is 0 Å². The molecule has 2 unspecified atom stereocenters. The number of aliphatic hydroxyl groups excluding tert-OH is 1. The molecule has 1 fully saturated rings. The van der Waals surface area contributed by atoms with Crippen LogP contribution in [0.1, 0.15) is 24.8 Å². The van der Waals surface area contributed by atoms with E-state index in [1.807, 2.05) is 29.0 Å². The van der Waals surface area contributed by atoms with E-state index in [0.29, 0.717) is 18.4 Å². The number of rotatable bonds is 5. The van der Waals surface area contributed by atoms with Gasteiger partial charge in [-0.2, -0.15) is 5.10 Å². The SMILES string of the molecule is OCC1CCCC1CNCc1cnn2ccccc12. The predicted molar refractivity (Wildman–Crippen MR) is 74.8 cm³/mol. The third-order valence-corrected chi connectivity index (χ3v) is 4.28. The van der Waals surface area contributed by atoms with E-state index >= 15 is 0 Å². The molecule has 4 nitrogen and oxygen atoms in total. The van der Waals surface area contributed by atoms with Crippen LogP contribution >= 0.6 is 0 Å². The third kappa shape index (κ3) is 2.65. The summed E-state index contributed by atoms with van der Waals surface area (Å²) < 4.78 is 1.91. The number of aromatic nitrogens is 2. The highest BCUT2D eigenvalue weighted by Crippen LogP contribution is 2.30. The highest BCUT2D eigenvalue weighted by molar-refractivity contribution is 5.53. The molecule has 2 aromatic rings. The van der Waals surface area contributed by atoms with E-state index in [2.05, 4.69) is 16.5 Å². The maximum Gasteiger partial charge on any atom is 0.0706 e. The molecule has 1 aliphatic carbocycles. The summed E-state index contributed by atoms with van der Waals surface area (Å²) in [5.74, 6) is 1.13. The fourth-order valence-corrected chi connectivity index (χ4v) is 3.14. The Balaban J connectivity index is 1.57. The van der Waals surface area contributed by atoms with Crippen LogP contribution in [0.2, 0.25) is 0 Å². The maximum atomic E-state index is 9.32. The molecule has 0 amide bonds. The van der Waals surface area contributed by atoms with Crippen molar-refractivity contribution in [3.63, 3.8) is 0 Å². The van der Waals surface area contributed by atoms with E-state index in [1.54, 1.807) is 0 Å². The average molecular weight is 259 g/mol. The molecule has 102 valence electrons. The minimum atomic E-state index is 0.336. The lowest BCUT2D eigenvalue weighted by molar-refractivity contribution is 0.192. The first kappa shape index (κ1) is 12.6. The minimum Gasteiger partial charge on any atom is -0.396 e. The molecule has 2 aromatic heterocycles. The lowest BCUT2D eigenvalue weighted by atomic mass is 9.97. The van der Waals surface area contributed by atoms with Gasteiger partial charge in [-0.05, 0) is 43.4 Å². The van der Waals surface area contributed by atoms with Crippen LogP contribution in [-0.2, 0) is 6.54 Å². The molecule has 2 heterocycles. The second-order valence-corrected chi connectivity index (χ2v) is 5.46. The smallest absolute Gasteiger partial charge is 0.0706 e. The Kier molecular flexibility index (Phi) is 3.80. The molecule has 19 heavy (non-hydrogen) atoms. The Morgan fingerprint density at radius 1 is 1.32 bits per heavy atom. The number of fused-ring (bicyclic) bond motifs is 1. The number of hydrogen-bond donors (Lipinski definition) is 2. The van der Waals surface area contributed by atoms with Gasteiger partial charge in [-0.25, -0.2) is 4.52 Å². The Morgan fingerprint density at radius 2 is 2.21 bits per heavy atom. The van der Waals surface area contributed by atoms with Crippen LogP contribution in [-0.4, -0.2) is 27.9 Å². The summed E-state index contributed by atoms with van der Waals surface area (Å²) >= 11 is 0. The van der Waals surface area contributed by atoms with Crippen LogP contribution in [0.3, 0.4) is 0 Å². The molecule has 0 bridgehead atoms. The van der Waals surface area contributed by atoms with E-state index in [0.717, 1.165) is 13.1 Å². The number of pyridine rings is 1. The summed E-state index contributed by atoms with van der Waals surface area (Å²) in [6.45, 7) is 2.18. The number of hydrogen-bond acceptors (Lipinski definition) is 3. The van der Waals surface area contributed by atoms with E-state index in [1.165, 1.54) is 30.3 Å². The van der Waals surface area contributed by atoms with Gasteiger partial charge in [-0.15, -0.1) is 0 Å². The van der Waals surface area contributed by atoms with Gasteiger partial charge in [0.1, 0.15) is 0 Å². The van der Waals surface area contributed by atoms with E-state index < -0.39 is 0 Å². The fourth-order valence-electron chi connectivity index (χ4n) is 3.14. The molecule has 1 saturated carbocycles. The average Bonchev–Trinajstić information content (AvgIpc) is 3.06. The van der Waals surface area contributed by atoms with Crippen molar-refractivity contribution in [3.05, 3.63) is 36.2 Å². The molecule has 0 aliphatic heterocycles.